The monoisotopic (exact) mass is 423 g/mol. The number of nitrogens with one attached hydrogen (secondary N) is 3. The molecule has 0 spiro atoms. The summed E-state index contributed by atoms with van der Waals surface area (Å²) in [7, 11) is 0. The number of alkyl halides is 3. The Kier molecular flexibility index (Phi) is 8.52. The number of hydrogen-bond acceptors (Lipinski definition) is 3. The van der Waals surface area contributed by atoms with Crippen LogP contribution in [0.5, 0.6) is 5.75 Å². The fraction of sp³-hybridized carbons (Fsp3) is 0.333. The van der Waals surface area contributed by atoms with E-state index in [2.05, 4.69) is 17.6 Å². The number of carbonyl (C=O) groups excluding carboxylic acids is 2. The summed E-state index contributed by atoms with van der Waals surface area (Å²) in [5, 5.41) is 7.14. The van der Waals surface area contributed by atoms with E-state index in [1.807, 2.05) is 5.32 Å². The summed E-state index contributed by atoms with van der Waals surface area (Å²) in [4.78, 5) is 23.6. The molecule has 0 radical (unpaired) electrons. The van der Waals surface area contributed by atoms with Crippen LogP contribution in [-0.2, 0) is 11.2 Å². The highest BCUT2D eigenvalue weighted by Crippen LogP contribution is 2.17. The molecule has 162 valence electrons. The highest BCUT2D eigenvalue weighted by atomic mass is 19.4. The van der Waals surface area contributed by atoms with Crippen molar-refractivity contribution in [2.45, 2.75) is 32.4 Å². The number of ether oxygens (including phenoxy) is 1. The molecule has 3 amide bonds. The molecule has 0 fully saturated rings. The summed E-state index contributed by atoms with van der Waals surface area (Å²) in [5.41, 5.74) is 1.60. The Labute approximate surface area is 172 Å². The van der Waals surface area contributed by atoms with Crippen molar-refractivity contribution in [1.29, 1.82) is 0 Å². The fourth-order valence-electron chi connectivity index (χ4n) is 2.41. The van der Waals surface area contributed by atoms with Gasteiger partial charge in [-0.2, -0.15) is 13.2 Å². The Morgan fingerprint density at radius 3 is 2.03 bits per heavy atom. The molecule has 0 aliphatic carbocycles. The van der Waals surface area contributed by atoms with E-state index in [9.17, 15) is 22.8 Å². The second-order valence-corrected chi connectivity index (χ2v) is 6.57. The number of halogens is 3. The molecule has 2 aromatic carbocycles. The SMILES string of the molecule is CCCCOc1ccc(NC(=O)Nc2ccc(CC(=O)NCC(F)(F)F)cc2)cc1. The maximum absolute atomic E-state index is 12.1. The predicted octanol–water partition coefficient (Wildman–Crippen LogP) is 4.73. The summed E-state index contributed by atoms with van der Waals surface area (Å²) >= 11 is 0. The van der Waals surface area contributed by atoms with E-state index in [-0.39, 0.29) is 6.42 Å². The van der Waals surface area contributed by atoms with Crippen molar-refractivity contribution in [3.63, 3.8) is 0 Å². The van der Waals surface area contributed by atoms with Crippen LogP contribution in [0.2, 0.25) is 0 Å². The lowest BCUT2D eigenvalue weighted by atomic mass is 10.1. The van der Waals surface area contributed by atoms with E-state index in [1.165, 1.54) is 0 Å². The van der Waals surface area contributed by atoms with Crippen LogP contribution >= 0.6 is 0 Å². The number of hydrogen-bond donors (Lipinski definition) is 3. The van der Waals surface area contributed by atoms with Crippen LogP contribution in [0.3, 0.4) is 0 Å². The Morgan fingerprint density at radius 1 is 0.933 bits per heavy atom. The Balaban J connectivity index is 1.79. The Bertz CT molecular complexity index is 822. The molecule has 2 aromatic rings. The summed E-state index contributed by atoms with van der Waals surface area (Å²) in [6.07, 6.45) is -2.61. The van der Waals surface area contributed by atoms with Gasteiger partial charge in [0.05, 0.1) is 13.0 Å². The summed E-state index contributed by atoms with van der Waals surface area (Å²) < 4.78 is 41.9. The van der Waals surface area contributed by atoms with Gasteiger partial charge in [0.1, 0.15) is 12.3 Å². The minimum atomic E-state index is -4.45. The van der Waals surface area contributed by atoms with Crippen LogP contribution in [0.25, 0.3) is 0 Å². The van der Waals surface area contributed by atoms with Gasteiger partial charge >= 0.3 is 12.2 Å². The topological polar surface area (TPSA) is 79.5 Å². The molecule has 0 aliphatic heterocycles. The van der Waals surface area contributed by atoms with Gasteiger partial charge in [0.2, 0.25) is 5.91 Å². The zero-order chi connectivity index (χ0) is 22.0. The van der Waals surface area contributed by atoms with Gasteiger partial charge in [0, 0.05) is 11.4 Å². The smallest absolute Gasteiger partial charge is 0.405 e. The van der Waals surface area contributed by atoms with Crippen LogP contribution in [0.1, 0.15) is 25.3 Å². The molecule has 0 saturated carbocycles. The molecular weight excluding hydrogens is 399 g/mol. The highest BCUT2D eigenvalue weighted by molar-refractivity contribution is 5.99. The molecule has 0 heterocycles. The number of amides is 3. The lowest BCUT2D eigenvalue weighted by molar-refractivity contribution is -0.138. The number of anilines is 2. The van der Waals surface area contributed by atoms with Crippen LogP contribution in [-0.4, -0.2) is 31.3 Å². The van der Waals surface area contributed by atoms with Gasteiger partial charge in [0.25, 0.3) is 0 Å². The zero-order valence-electron chi connectivity index (χ0n) is 16.5. The van der Waals surface area contributed by atoms with Gasteiger partial charge in [-0.25, -0.2) is 4.79 Å². The maximum atomic E-state index is 12.1. The zero-order valence-corrected chi connectivity index (χ0v) is 16.5. The van der Waals surface area contributed by atoms with E-state index in [1.54, 1.807) is 48.5 Å². The lowest BCUT2D eigenvalue weighted by Crippen LogP contribution is -2.34. The van der Waals surface area contributed by atoms with Crippen molar-refractivity contribution in [1.82, 2.24) is 5.32 Å². The quantitative estimate of drug-likeness (QED) is 0.510. The average Bonchev–Trinajstić information content (AvgIpc) is 2.69. The van der Waals surface area contributed by atoms with Crippen molar-refractivity contribution in [2.75, 3.05) is 23.8 Å². The summed E-state index contributed by atoms with van der Waals surface area (Å²) in [6, 6.07) is 12.8. The van der Waals surface area contributed by atoms with E-state index < -0.39 is 24.7 Å². The number of benzene rings is 2. The molecule has 2 rings (SSSR count). The van der Waals surface area contributed by atoms with Crippen LogP contribution < -0.4 is 20.7 Å². The largest absolute Gasteiger partial charge is 0.494 e. The molecule has 6 nitrogen and oxygen atoms in total. The number of carbonyl (C=O) groups is 2. The molecule has 0 atom stereocenters. The first-order chi connectivity index (χ1) is 14.2. The van der Waals surface area contributed by atoms with Crippen LogP contribution in [0.4, 0.5) is 29.3 Å². The normalized spacial score (nSPS) is 10.9. The minimum absolute atomic E-state index is 0.185. The summed E-state index contributed by atoms with van der Waals surface area (Å²) in [6.45, 7) is 1.36. The third-order valence-electron chi connectivity index (χ3n) is 3.94. The van der Waals surface area contributed by atoms with E-state index in [4.69, 9.17) is 4.74 Å². The standard InChI is InChI=1S/C21H24F3N3O3/c1-2-3-12-30-18-10-8-17(9-11-18)27-20(29)26-16-6-4-15(5-7-16)13-19(28)25-14-21(22,23)24/h4-11H,2-3,12-14H2,1H3,(H,25,28)(H2,26,27,29). The molecular formula is C21H24F3N3O3. The molecule has 0 bridgehead atoms. The minimum Gasteiger partial charge on any atom is -0.494 e. The second-order valence-electron chi connectivity index (χ2n) is 6.57. The van der Waals surface area contributed by atoms with E-state index >= 15 is 0 Å². The summed E-state index contributed by atoms with van der Waals surface area (Å²) in [5.74, 6) is -0.00262. The van der Waals surface area contributed by atoms with Gasteiger partial charge in [-0.05, 0) is 48.4 Å². The van der Waals surface area contributed by atoms with Crippen molar-refractivity contribution in [2.24, 2.45) is 0 Å². The van der Waals surface area contributed by atoms with Crippen LogP contribution in [0, 0.1) is 0 Å². The number of unbranched alkanes of at least 4 members (excludes halogenated alkanes) is 1. The first-order valence-electron chi connectivity index (χ1n) is 9.48. The third-order valence-corrected chi connectivity index (χ3v) is 3.94. The first-order valence-corrected chi connectivity index (χ1v) is 9.48. The Hall–Kier alpha value is -3.23. The molecule has 3 N–H and O–H groups in total. The maximum Gasteiger partial charge on any atom is 0.405 e. The number of rotatable bonds is 9. The molecule has 0 aliphatic rings. The third kappa shape index (κ3) is 8.85. The number of urea groups is 1. The van der Waals surface area contributed by atoms with Crippen molar-refractivity contribution < 1.29 is 27.5 Å². The fourth-order valence-corrected chi connectivity index (χ4v) is 2.41. The van der Waals surface area contributed by atoms with E-state index in [0.717, 1.165) is 18.6 Å². The Morgan fingerprint density at radius 2 is 1.50 bits per heavy atom. The lowest BCUT2D eigenvalue weighted by Gasteiger charge is -2.10. The highest BCUT2D eigenvalue weighted by Gasteiger charge is 2.27. The molecule has 9 heteroatoms. The van der Waals surface area contributed by atoms with Gasteiger partial charge in [-0.1, -0.05) is 25.5 Å². The van der Waals surface area contributed by atoms with Gasteiger partial charge in [0.15, 0.2) is 0 Å². The second kappa shape index (κ2) is 11.1. The molecule has 0 unspecified atom stereocenters. The van der Waals surface area contributed by atoms with Crippen molar-refractivity contribution >= 4 is 23.3 Å². The van der Waals surface area contributed by atoms with Crippen LogP contribution in [0.15, 0.2) is 48.5 Å². The predicted molar refractivity (Wildman–Crippen MR) is 109 cm³/mol. The first kappa shape index (κ1) is 23.1. The van der Waals surface area contributed by atoms with Gasteiger partial charge in [-0.3, -0.25) is 4.79 Å². The van der Waals surface area contributed by atoms with Gasteiger partial charge in [-0.15, -0.1) is 0 Å². The van der Waals surface area contributed by atoms with Gasteiger partial charge < -0.3 is 20.7 Å². The van der Waals surface area contributed by atoms with E-state index in [0.29, 0.717) is 23.5 Å². The van der Waals surface area contributed by atoms with Crippen molar-refractivity contribution in [3.8, 4) is 5.75 Å². The van der Waals surface area contributed by atoms with Crippen molar-refractivity contribution in [3.05, 3.63) is 54.1 Å². The molecule has 30 heavy (non-hydrogen) atoms. The average molecular weight is 423 g/mol. The molecule has 0 saturated heterocycles. The molecule has 0 aromatic heterocycles.